The lowest BCUT2D eigenvalue weighted by Crippen LogP contribution is -2.42. The van der Waals surface area contributed by atoms with Crippen LogP contribution in [0, 0.1) is 0 Å². The van der Waals surface area contributed by atoms with Gasteiger partial charge in [-0.05, 0) is 38.3 Å². The third-order valence-corrected chi connectivity index (χ3v) is 4.52. The predicted molar refractivity (Wildman–Crippen MR) is 86.2 cm³/mol. The van der Waals surface area contributed by atoms with Gasteiger partial charge in [0.1, 0.15) is 0 Å². The fourth-order valence-electron chi connectivity index (χ4n) is 2.62. The van der Waals surface area contributed by atoms with Crippen molar-refractivity contribution in [2.75, 3.05) is 22.9 Å². The van der Waals surface area contributed by atoms with E-state index in [0.717, 1.165) is 37.8 Å². The van der Waals surface area contributed by atoms with Crippen LogP contribution in [0.2, 0.25) is 0 Å². The first kappa shape index (κ1) is 16.1. The normalized spacial score (nSPS) is 26.3. The third kappa shape index (κ3) is 4.61. The molecule has 2 rings (SSSR count). The van der Waals surface area contributed by atoms with Crippen LogP contribution in [-0.4, -0.2) is 32.9 Å². The molecule has 0 amide bonds. The molecule has 0 aliphatic carbocycles. The van der Waals surface area contributed by atoms with E-state index in [1.165, 1.54) is 0 Å². The molecule has 1 aliphatic heterocycles. The molecule has 1 aliphatic rings. The number of rotatable bonds is 5. The molecule has 1 aromatic carbocycles. The van der Waals surface area contributed by atoms with Crippen molar-refractivity contribution < 1.29 is 13.2 Å². The van der Waals surface area contributed by atoms with E-state index in [4.69, 9.17) is 4.74 Å². The number of hydrogen-bond acceptors (Lipinski definition) is 4. The van der Waals surface area contributed by atoms with Crippen molar-refractivity contribution in [1.82, 2.24) is 0 Å². The first-order valence-electron chi connectivity index (χ1n) is 7.29. The number of ether oxygens (including phenoxy) is 1. The van der Waals surface area contributed by atoms with Crippen LogP contribution in [0.5, 0.6) is 0 Å². The largest absolute Gasteiger partial charge is 0.380 e. The minimum absolute atomic E-state index is 0.102. The number of anilines is 2. The van der Waals surface area contributed by atoms with Crippen molar-refractivity contribution in [3.05, 3.63) is 24.3 Å². The van der Waals surface area contributed by atoms with Crippen molar-refractivity contribution in [3.63, 3.8) is 0 Å². The Morgan fingerprint density at radius 3 is 2.62 bits per heavy atom. The monoisotopic (exact) mass is 312 g/mol. The molecule has 0 spiro atoms. The molecule has 0 radical (unpaired) electrons. The lowest BCUT2D eigenvalue weighted by Gasteiger charge is -2.38. The molecule has 1 aromatic rings. The molecule has 0 bridgehead atoms. The molecule has 2 unspecified atom stereocenters. The smallest absolute Gasteiger partial charge is 0.229 e. The Balaban J connectivity index is 2.12. The number of sulfonamides is 1. The number of hydrogen-bond donors (Lipinski definition) is 2. The van der Waals surface area contributed by atoms with Crippen molar-refractivity contribution in [1.29, 1.82) is 0 Å². The summed E-state index contributed by atoms with van der Waals surface area (Å²) in [6.45, 7) is 4.98. The van der Waals surface area contributed by atoms with Crippen LogP contribution < -0.4 is 10.0 Å². The second-order valence-electron chi connectivity index (χ2n) is 5.91. The highest BCUT2D eigenvalue weighted by molar-refractivity contribution is 7.92. The van der Waals surface area contributed by atoms with E-state index in [0.29, 0.717) is 5.69 Å². The van der Waals surface area contributed by atoms with Gasteiger partial charge in [0.2, 0.25) is 10.0 Å². The minimum atomic E-state index is -3.28. The lowest BCUT2D eigenvalue weighted by atomic mass is 9.90. The summed E-state index contributed by atoms with van der Waals surface area (Å²) in [6, 6.07) is 7.66. The molecule has 0 saturated carbocycles. The summed E-state index contributed by atoms with van der Waals surface area (Å²) < 4.78 is 31.3. The van der Waals surface area contributed by atoms with Crippen LogP contribution in [0.3, 0.4) is 0 Å². The van der Waals surface area contributed by atoms with E-state index in [-0.39, 0.29) is 11.6 Å². The molecule has 118 valence electrons. The Hall–Kier alpha value is -1.27. The molecule has 21 heavy (non-hydrogen) atoms. The fourth-order valence-corrected chi connectivity index (χ4v) is 3.19. The Kier molecular flexibility index (Phi) is 4.78. The zero-order valence-electron chi connectivity index (χ0n) is 12.8. The Morgan fingerprint density at radius 1 is 1.33 bits per heavy atom. The zero-order valence-corrected chi connectivity index (χ0v) is 13.7. The SMILES string of the molecule is CCC1(C)CC(Nc2ccccc2NS(C)(=O)=O)CCO1. The van der Waals surface area contributed by atoms with Gasteiger partial charge in [0.15, 0.2) is 0 Å². The summed E-state index contributed by atoms with van der Waals surface area (Å²) in [4.78, 5) is 0. The van der Waals surface area contributed by atoms with E-state index < -0.39 is 10.0 Å². The molecule has 5 nitrogen and oxygen atoms in total. The van der Waals surface area contributed by atoms with E-state index in [1.807, 2.05) is 18.2 Å². The van der Waals surface area contributed by atoms with Gasteiger partial charge in [-0.15, -0.1) is 0 Å². The van der Waals surface area contributed by atoms with Crippen molar-refractivity contribution in [2.24, 2.45) is 0 Å². The van der Waals surface area contributed by atoms with Gasteiger partial charge in [0.25, 0.3) is 0 Å². The maximum atomic E-state index is 11.4. The van der Waals surface area contributed by atoms with Gasteiger partial charge in [-0.25, -0.2) is 8.42 Å². The van der Waals surface area contributed by atoms with Gasteiger partial charge in [-0.3, -0.25) is 4.72 Å². The van der Waals surface area contributed by atoms with Gasteiger partial charge in [0.05, 0.1) is 23.2 Å². The van der Waals surface area contributed by atoms with Crippen LogP contribution >= 0.6 is 0 Å². The standard InChI is InChI=1S/C15H24N2O3S/c1-4-15(2)11-12(9-10-20-15)16-13-7-5-6-8-14(13)17-21(3,18)19/h5-8,12,16-17H,4,9-11H2,1-3H3. The summed E-state index contributed by atoms with van der Waals surface area (Å²) in [6.07, 6.45) is 3.96. The third-order valence-electron chi connectivity index (χ3n) is 3.92. The van der Waals surface area contributed by atoms with Gasteiger partial charge in [0, 0.05) is 12.6 Å². The van der Waals surface area contributed by atoms with Gasteiger partial charge >= 0.3 is 0 Å². The van der Waals surface area contributed by atoms with Crippen LogP contribution in [0.15, 0.2) is 24.3 Å². The van der Waals surface area contributed by atoms with Crippen molar-refractivity contribution in [2.45, 2.75) is 44.8 Å². The number of benzene rings is 1. The molecule has 0 aromatic heterocycles. The van der Waals surface area contributed by atoms with Crippen molar-refractivity contribution >= 4 is 21.4 Å². The van der Waals surface area contributed by atoms with Crippen LogP contribution in [-0.2, 0) is 14.8 Å². The quantitative estimate of drug-likeness (QED) is 0.877. The van der Waals surface area contributed by atoms with E-state index in [2.05, 4.69) is 23.9 Å². The molecular formula is C15H24N2O3S. The second kappa shape index (κ2) is 6.23. The fraction of sp³-hybridized carbons (Fsp3) is 0.600. The minimum Gasteiger partial charge on any atom is -0.380 e. The van der Waals surface area contributed by atoms with E-state index >= 15 is 0 Å². The maximum Gasteiger partial charge on any atom is 0.229 e. The second-order valence-corrected chi connectivity index (χ2v) is 7.65. The Bertz CT molecular complexity index is 588. The van der Waals surface area contributed by atoms with Gasteiger partial charge in [-0.1, -0.05) is 19.1 Å². The topological polar surface area (TPSA) is 67.4 Å². The van der Waals surface area contributed by atoms with E-state index in [1.54, 1.807) is 6.07 Å². The predicted octanol–water partition coefficient (Wildman–Crippen LogP) is 2.82. The highest BCUT2D eigenvalue weighted by Gasteiger charge is 2.31. The van der Waals surface area contributed by atoms with E-state index in [9.17, 15) is 8.42 Å². The van der Waals surface area contributed by atoms with Crippen LogP contribution in [0.25, 0.3) is 0 Å². The number of nitrogens with one attached hydrogen (secondary N) is 2. The molecule has 2 atom stereocenters. The average molecular weight is 312 g/mol. The summed E-state index contributed by atoms with van der Waals surface area (Å²) in [5, 5.41) is 3.45. The molecular weight excluding hydrogens is 288 g/mol. The Labute approximate surface area is 127 Å². The van der Waals surface area contributed by atoms with Gasteiger partial charge < -0.3 is 10.1 Å². The first-order valence-corrected chi connectivity index (χ1v) is 9.18. The first-order chi connectivity index (χ1) is 9.81. The molecule has 2 N–H and O–H groups in total. The zero-order chi connectivity index (χ0) is 15.5. The highest BCUT2D eigenvalue weighted by atomic mass is 32.2. The van der Waals surface area contributed by atoms with Crippen LogP contribution in [0.1, 0.15) is 33.1 Å². The summed E-state index contributed by atoms with van der Waals surface area (Å²) in [5.74, 6) is 0. The molecule has 1 saturated heterocycles. The van der Waals surface area contributed by atoms with Crippen LogP contribution in [0.4, 0.5) is 11.4 Å². The molecule has 6 heteroatoms. The Morgan fingerprint density at radius 2 is 2.00 bits per heavy atom. The maximum absolute atomic E-state index is 11.4. The van der Waals surface area contributed by atoms with Crippen molar-refractivity contribution in [3.8, 4) is 0 Å². The average Bonchev–Trinajstić information content (AvgIpc) is 2.40. The summed E-state index contributed by atoms with van der Waals surface area (Å²) in [5.41, 5.74) is 1.30. The molecule has 1 heterocycles. The lowest BCUT2D eigenvalue weighted by molar-refractivity contribution is -0.0708. The number of para-hydroxylation sites is 2. The molecule has 1 fully saturated rings. The van der Waals surface area contributed by atoms with Gasteiger partial charge in [-0.2, -0.15) is 0 Å². The summed E-state index contributed by atoms with van der Waals surface area (Å²) in [7, 11) is -3.28. The summed E-state index contributed by atoms with van der Waals surface area (Å²) >= 11 is 0. The highest BCUT2D eigenvalue weighted by Crippen LogP contribution is 2.31.